The van der Waals surface area contributed by atoms with Crippen LogP contribution in [0.5, 0.6) is 0 Å². The Labute approximate surface area is 66.1 Å². The summed E-state index contributed by atoms with van der Waals surface area (Å²) in [5.41, 5.74) is 2.67. The maximum Gasteiger partial charge on any atom is 0.247 e. The Balaban J connectivity index is 3.62. The molecule has 0 aromatic rings. The van der Waals surface area contributed by atoms with E-state index in [1.807, 2.05) is 13.2 Å². The SMILES string of the molecule is CSC(C)C(=O)NN(C)C. The summed E-state index contributed by atoms with van der Waals surface area (Å²) in [6.07, 6.45) is 1.92. The summed E-state index contributed by atoms with van der Waals surface area (Å²) in [7, 11) is 3.59. The molecule has 0 rings (SSSR count). The van der Waals surface area contributed by atoms with Gasteiger partial charge >= 0.3 is 0 Å². The Morgan fingerprint density at radius 3 is 2.40 bits per heavy atom. The van der Waals surface area contributed by atoms with Gasteiger partial charge in [0.25, 0.3) is 0 Å². The van der Waals surface area contributed by atoms with Crippen LogP contribution in [0.15, 0.2) is 0 Å². The van der Waals surface area contributed by atoms with Gasteiger partial charge in [0.1, 0.15) is 0 Å². The molecule has 10 heavy (non-hydrogen) atoms. The van der Waals surface area contributed by atoms with E-state index in [1.54, 1.807) is 19.1 Å². The Kier molecular flexibility index (Phi) is 4.47. The van der Waals surface area contributed by atoms with Gasteiger partial charge in [0.2, 0.25) is 5.91 Å². The zero-order valence-electron chi connectivity index (χ0n) is 6.84. The minimum absolute atomic E-state index is 0.0300. The van der Waals surface area contributed by atoms with Crippen LogP contribution < -0.4 is 5.43 Å². The van der Waals surface area contributed by atoms with Gasteiger partial charge in [0, 0.05) is 14.1 Å². The molecule has 0 aliphatic carbocycles. The van der Waals surface area contributed by atoms with E-state index in [1.165, 1.54) is 11.8 Å². The van der Waals surface area contributed by atoms with Crippen molar-refractivity contribution in [3.8, 4) is 0 Å². The number of thioether (sulfide) groups is 1. The number of nitrogens with one attached hydrogen (secondary N) is 1. The summed E-state index contributed by atoms with van der Waals surface area (Å²) in [5, 5.41) is 1.68. The molecule has 0 fully saturated rings. The first-order valence-corrected chi connectivity index (χ1v) is 4.37. The van der Waals surface area contributed by atoms with Gasteiger partial charge < -0.3 is 0 Å². The number of amides is 1. The number of hydrogen-bond acceptors (Lipinski definition) is 3. The summed E-state index contributed by atoms with van der Waals surface area (Å²) in [4.78, 5) is 11.0. The molecule has 0 spiro atoms. The average molecular weight is 162 g/mol. The van der Waals surface area contributed by atoms with E-state index in [-0.39, 0.29) is 11.2 Å². The van der Waals surface area contributed by atoms with Crippen LogP contribution in [-0.4, -0.2) is 36.5 Å². The van der Waals surface area contributed by atoms with E-state index < -0.39 is 0 Å². The van der Waals surface area contributed by atoms with Crippen molar-refractivity contribution >= 4 is 17.7 Å². The molecular formula is C6H14N2OS. The van der Waals surface area contributed by atoms with Crippen LogP contribution in [0.1, 0.15) is 6.92 Å². The fourth-order valence-electron chi connectivity index (χ4n) is 0.418. The fourth-order valence-corrected chi connectivity index (χ4v) is 0.685. The first-order valence-electron chi connectivity index (χ1n) is 3.08. The molecular weight excluding hydrogens is 148 g/mol. The third-order valence-corrected chi connectivity index (χ3v) is 1.98. The predicted octanol–water partition coefficient (Wildman–Crippen LogP) is 0.331. The average Bonchev–Trinajstić information content (AvgIpc) is 1.85. The van der Waals surface area contributed by atoms with E-state index >= 15 is 0 Å². The molecule has 4 heteroatoms. The Morgan fingerprint density at radius 2 is 2.10 bits per heavy atom. The van der Waals surface area contributed by atoms with Gasteiger partial charge in [-0.1, -0.05) is 0 Å². The number of carbonyl (C=O) groups is 1. The molecule has 0 aliphatic heterocycles. The molecule has 0 aliphatic rings. The lowest BCUT2D eigenvalue weighted by molar-refractivity contribution is -0.123. The van der Waals surface area contributed by atoms with Crippen molar-refractivity contribution in [2.75, 3.05) is 20.4 Å². The lowest BCUT2D eigenvalue weighted by Crippen LogP contribution is -2.40. The quantitative estimate of drug-likeness (QED) is 0.607. The largest absolute Gasteiger partial charge is 0.288 e. The van der Waals surface area contributed by atoms with Gasteiger partial charge in [-0.3, -0.25) is 10.2 Å². The second kappa shape index (κ2) is 4.57. The normalized spacial score (nSPS) is 13.3. The zero-order valence-corrected chi connectivity index (χ0v) is 7.66. The van der Waals surface area contributed by atoms with Crippen molar-refractivity contribution in [3.63, 3.8) is 0 Å². The molecule has 0 aromatic heterocycles. The molecule has 0 saturated heterocycles. The molecule has 1 amide bonds. The van der Waals surface area contributed by atoms with Crippen molar-refractivity contribution in [2.45, 2.75) is 12.2 Å². The van der Waals surface area contributed by atoms with Crippen LogP contribution in [-0.2, 0) is 4.79 Å². The number of rotatable bonds is 3. The van der Waals surface area contributed by atoms with Crippen molar-refractivity contribution in [2.24, 2.45) is 0 Å². The van der Waals surface area contributed by atoms with E-state index in [0.29, 0.717) is 0 Å². The highest BCUT2D eigenvalue weighted by Crippen LogP contribution is 2.03. The molecule has 1 N–H and O–H groups in total. The maximum atomic E-state index is 11.0. The van der Waals surface area contributed by atoms with Crippen molar-refractivity contribution in [1.29, 1.82) is 0 Å². The zero-order chi connectivity index (χ0) is 8.15. The predicted molar refractivity (Wildman–Crippen MR) is 44.8 cm³/mol. The molecule has 0 saturated carbocycles. The highest BCUT2D eigenvalue weighted by atomic mass is 32.2. The van der Waals surface area contributed by atoms with Crippen LogP contribution in [0.2, 0.25) is 0 Å². The van der Waals surface area contributed by atoms with Gasteiger partial charge in [-0.25, -0.2) is 5.01 Å². The minimum Gasteiger partial charge on any atom is -0.288 e. The van der Waals surface area contributed by atoms with Gasteiger partial charge in [-0.2, -0.15) is 11.8 Å². The summed E-state index contributed by atoms with van der Waals surface area (Å²) in [6, 6.07) is 0. The van der Waals surface area contributed by atoms with E-state index in [9.17, 15) is 4.79 Å². The van der Waals surface area contributed by atoms with Crippen LogP contribution in [0, 0.1) is 0 Å². The second-order valence-corrected chi connectivity index (χ2v) is 3.43. The van der Waals surface area contributed by atoms with Crippen molar-refractivity contribution in [3.05, 3.63) is 0 Å². The molecule has 1 atom stereocenters. The molecule has 0 aromatic carbocycles. The summed E-state index contributed by atoms with van der Waals surface area (Å²) in [6.45, 7) is 1.88. The third-order valence-electron chi connectivity index (χ3n) is 1.06. The van der Waals surface area contributed by atoms with Crippen LogP contribution in [0.3, 0.4) is 0 Å². The maximum absolute atomic E-state index is 11.0. The topological polar surface area (TPSA) is 32.3 Å². The molecule has 0 heterocycles. The monoisotopic (exact) mass is 162 g/mol. The minimum atomic E-state index is 0.0300. The number of carbonyl (C=O) groups excluding carboxylic acids is 1. The van der Waals surface area contributed by atoms with Crippen LogP contribution >= 0.6 is 11.8 Å². The van der Waals surface area contributed by atoms with Gasteiger partial charge in [0.05, 0.1) is 5.25 Å². The smallest absolute Gasteiger partial charge is 0.247 e. The first-order chi connectivity index (χ1) is 4.57. The van der Waals surface area contributed by atoms with Crippen LogP contribution in [0.4, 0.5) is 0 Å². The Morgan fingerprint density at radius 1 is 1.60 bits per heavy atom. The molecule has 60 valence electrons. The van der Waals surface area contributed by atoms with E-state index in [4.69, 9.17) is 0 Å². The summed E-state index contributed by atoms with van der Waals surface area (Å²) in [5.74, 6) is 0.0532. The number of nitrogens with zero attached hydrogens (tertiary/aromatic N) is 1. The third kappa shape index (κ3) is 3.74. The van der Waals surface area contributed by atoms with Gasteiger partial charge in [-0.05, 0) is 13.2 Å². The molecule has 1 unspecified atom stereocenters. The van der Waals surface area contributed by atoms with Gasteiger partial charge in [0.15, 0.2) is 0 Å². The van der Waals surface area contributed by atoms with Gasteiger partial charge in [-0.15, -0.1) is 0 Å². The lowest BCUT2D eigenvalue weighted by atomic mass is 10.5. The Bertz CT molecular complexity index is 116. The fraction of sp³-hybridized carbons (Fsp3) is 0.833. The molecule has 3 nitrogen and oxygen atoms in total. The highest BCUT2D eigenvalue weighted by Gasteiger charge is 2.10. The molecule has 0 radical (unpaired) electrons. The first kappa shape index (κ1) is 9.78. The van der Waals surface area contributed by atoms with Crippen LogP contribution in [0.25, 0.3) is 0 Å². The van der Waals surface area contributed by atoms with Crippen molar-refractivity contribution in [1.82, 2.24) is 10.4 Å². The second-order valence-electron chi connectivity index (χ2n) is 2.25. The van der Waals surface area contributed by atoms with E-state index in [0.717, 1.165) is 0 Å². The Hall–Kier alpha value is -0.220. The summed E-state index contributed by atoms with van der Waals surface area (Å²) >= 11 is 1.54. The summed E-state index contributed by atoms with van der Waals surface area (Å²) < 4.78 is 0. The van der Waals surface area contributed by atoms with E-state index in [2.05, 4.69) is 5.43 Å². The lowest BCUT2D eigenvalue weighted by Gasteiger charge is -2.14. The number of hydrogen-bond donors (Lipinski definition) is 1. The molecule has 0 bridgehead atoms. The highest BCUT2D eigenvalue weighted by molar-refractivity contribution is 7.99. The van der Waals surface area contributed by atoms with Crippen molar-refractivity contribution < 1.29 is 4.79 Å². The standard InChI is InChI=1S/C6H14N2OS/c1-5(10-4)6(9)7-8(2)3/h5H,1-4H3,(H,7,9). The number of hydrazine groups is 1.